The van der Waals surface area contributed by atoms with Crippen molar-refractivity contribution in [1.82, 2.24) is 15.2 Å². The maximum atomic E-state index is 12.3. The molecule has 6 heteroatoms. The third-order valence-electron chi connectivity index (χ3n) is 3.94. The van der Waals surface area contributed by atoms with Crippen molar-refractivity contribution in [2.75, 3.05) is 19.3 Å². The van der Waals surface area contributed by atoms with E-state index in [-0.39, 0.29) is 6.03 Å². The van der Waals surface area contributed by atoms with E-state index in [2.05, 4.69) is 34.6 Å². The average molecular weight is 348 g/mol. The van der Waals surface area contributed by atoms with Crippen LogP contribution in [0.15, 0.2) is 29.6 Å². The van der Waals surface area contributed by atoms with E-state index in [1.165, 1.54) is 11.1 Å². The highest BCUT2D eigenvalue weighted by atomic mass is 32.2. The number of amides is 2. The van der Waals surface area contributed by atoms with E-state index in [0.29, 0.717) is 18.3 Å². The van der Waals surface area contributed by atoms with Crippen LogP contribution in [0.5, 0.6) is 0 Å². The lowest BCUT2D eigenvalue weighted by Gasteiger charge is -2.26. The fraction of sp³-hybridized carbons (Fsp3) is 0.412. The van der Waals surface area contributed by atoms with Gasteiger partial charge >= 0.3 is 6.03 Å². The van der Waals surface area contributed by atoms with Gasteiger partial charge in [-0.05, 0) is 30.2 Å². The fourth-order valence-corrected chi connectivity index (χ4v) is 4.59. The molecule has 0 aliphatic carbocycles. The van der Waals surface area contributed by atoms with Crippen molar-refractivity contribution in [2.24, 2.45) is 0 Å². The van der Waals surface area contributed by atoms with Gasteiger partial charge in [-0.3, -0.25) is 0 Å². The van der Waals surface area contributed by atoms with E-state index < -0.39 is 0 Å². The SMILES string of the molecule is Cc1nc(CN(C)C(=O)NC[C@H]2SCCc3ccccc32)cs1. The molecule has 1 aromatic heterocycles. The summed E-state index contributed by atoms with van der Waals surface area (Å²) in [4.78, 5) is 18.4. The van der Waals surface area contributed by atoms with Gasteiger partial charge in [0.1, 0.15) is 0 Å². The van der Waals surface area contributed by atoms with E-state index in [9.17, 15) is 4.79 Å². The summed E-state index contributed by atoms with van der Waals surface area (Å²) in [5.74, 6) is 1.12. The highest BCUT2D eigenvalue weighted by molar-refractivity contribution is 7.99. The van der Waals surface area contributed by atoms with Gasteiger partial charge in [0.2, 0.25) is 0 Å². The highest BCUT2D eigenvalue weighted by Crippen LogP contribution is 2.35. The van der Waals surface area contributed by atoms with Crippen LogP contribution in [0.2, 0.25) is 0 Å². The summed E-state index contributed by atoms with van der Waals surface area (Å²) in [6.07, 6.45) is 1.12. The second-order valence-corrected chi connectivity index (χ2v) is 8.08. The zero-order chi connectivity index (χ0) is 16.2. The summed E-state index contributed by atoms with van der Waals surface area (Å²) >= 11 is 3.54. The topological polar surface area (TPSA) is 45.2 Å². The first-order chi connectivity index (χ1) is 11.1. The number of thioether (sulfide) groups is 1. The molecule has 0 fully saturated rings. The Morgan fingerprint density at radius 2 is 2.26 bits per heavy atom. The number of nitrogens with one attached hydrogen (secondary N) is 1. The number of nitrogens with zero attached hydrogens (tertiary/aromatic N) is 2. The van der Waals surface area contributed by atoms with E-state index in [1.807, 2.05) is 31.1 Å². The molecule has 0 unspecified atom stereocenters. The minimum Gasteiger partial charge on any atom is -0.337 e. The summed E-state index contributed by atoms with van der Waals surface area (Å²) in [5.41, 5.74) is 3.72. The monoisotopic (exact) mass is 347 g/mol. The average Bonchev–Trinajstić information content (AvgIpc) is 2.97. The Labute approximate surface area is 145 Å². The lowest BCUT2D eigenvalue weighted by atomic mass is 10.0. The number of carbonyl (C=O) groups is 1. The molecule has 1 atom stereocenters. The number of hydrogen-bond donors (Lipinski definition) is 1. The molecule has 0 bridgehead atoms. The van der Waals surface area contributed by atoms with Gasteiger partial charge < -0.3 is 10.2 Å². The molecule has 1 aliphatic heterocycles. The Morgan fingerprint density at radius 1 is 1.43 bits per heavy atom. The predicted molar refractivity (Wildman–Crippen MR) is 97.1 cm³/mol. The molecular weight excluding hydrogens is 326 g/mol. The first kappa shape index (κ1) is 16.3. The maximum absolute atomic E-state index is 12.3. The number of aromatic nitrogens is 1. The molecule has 1 aromatic carbocycles. The second-order valence-electron chi connectivity index (χ2n) is 5.71. The van der Waals surface area contributed by atoms with Crippen LogP contribution in [-0.4, -0.2) is 35.3 Å². The Balaban J connectivity index is 1.55. The molecule has 2 aromatic rings. The summed E-state index contributed by atoms with van der Waals surface area (Å²) in [5, 5.41) is 6.45. The van der Waals surface area contributed by atoms with Gasteiger partial charge in [-0.25, -0.2) is 9.78 Å². The molecule has 0 saturated heterocycles. The van der Waals surface area contributed by atoms with Crippen molar-refractivity contribution >= 4 is 29.1 Å². The number of thiazole rings is 1. The van der Waals surface area contributed by atoms with Crippen molar-refractivity contribution in [3.63, 3.8) is 0 Å². The van der Waals surface area contributed by atoms with Crippen molar-refractivity contribution in [1.29, 1.82) is 0 Å². The summed E-state index contributed by atoms with van der Waals surface area (Å²) < 4.78 is 0. The smallest absolute Gasteiger partial charge is 0.317 e. The van der Waals surface area contributed by atoms with Gasteiger partial charge in [-0.1, -0.05) is 24.3 Å². The van der Waals surface area contributed by atoms with Crippen molar-refractivity contribution < 1.29 is 4.79 Å². The quantitative estimate of drug-likeness (QED) is 0.919. The molecule has 0 radical (unpaired) electrons. The van der Waals surface area contributed by atoms with Crippen LogP contribution in [-0.2, 0) is 13.0 Å². The fourth-order valence-electron chi connectivity index (χ4n) is 2.76. The number of urea groups is 1. The molecule has 0 saturated carbocycles. The maximum Gasteiger partial charge on any atom is 0.317 e. The molecule has 23 heavy (non-hydrogen) atoms. The third kappa shape index (κ3) is 4.06. The molecule has 1 N–H and O–H groups in total. The van der Waals surface area contributed by atoms with E-state index in [1.54, 1.807) is 16.2 Å². The minimum atomic E-state index is -0.0423. The van der Waals surface area contributed by atoms with Crippen molar-refractivity contribution in [3.8, 4) is 0 Å². The first-order valence-electron chi connectivity index (χ1n) is 7.73. The molecule has 2 heterocycles. The lowest BCUT2D eigenvalue weighted by Crippen LogP contribution is -2.39. The van der Waals surface area contributed by atoms with E-state index in [0.717, 1.165) is 22.9 Å². The molecule has 3 rings (SSSR count). The summed E-state index contributed by atoms with van der Waals surface area (Å²) in [6.45, 7) is 3.19. The van der Waals surface area contributed by atoms with Crippen LogP contribution >= 0.6 is 23.1 Å². The van der Waals surface area contributed by atoms with Crippen LogP contribution in [0, 0.1) is 6.92 Å². The minimum absolute atomic E-state index is 0.0423. The summed E-state index contributed by atoms with van der Waals surface area (Å²) in [6, 6.07) is 8.50. The van der Waals surface area contributed by atoms with Gasteiger partial charge in [0, 0.05) is 24.2 Å². The Morgan fingerprint density at radius 3 is 3.04 bits per heavy atom. The lowest BCUT2D eigenvalue weighted by molar-refractivity contribution is 0.206. The number of hydrogen-bond acceptors (Lipinski definition) is 4. The zero-order valence-electron chi connectivity index (χ0n) is 13.4. The molecule has 1 aliphatic rings. The van der Waals surface area contributed by atoms with Crippen molar-refractivity contribution in [2.45, 2.75) is 25.1 Å². The first-order valence-corrected chi connectivity index (χ1v) is 9.65. The Kier molecular flexibility index (Phi) is 5.23. The Hall–Kier alpha value is -1.53. The largest absolute Gasteiger partial charge is 0.337 e. The van der Waals surface area contributed by atoms with Crippen LogP contribution in [0.1, 0.15) is 27.1 Å². The van der Waals surface area contributed by atoms with Gasteiger partial charge in [-0.2, -0.15) is 11.8 Å². The van der Waals surface area contributed by atoms with E-state index >= 15 is 0 Å². The molecule has 122 valence electrons. The number of aryl methyl sites for hydroxylation is 2. The van der Waals surface area contributed by atoms with Crippen LogP contribution in [0.4, 0.5) is 4.79 Å². The van der Waals surface area contributed by atoms with Crippen LogP contribution in [0.3, 0.4) is 0 Å². The predicted octanol–water partition coefficient (Wildman–Crippen LogP) is 3.62. The van der Waals surface area contributed by atoms with Gasteiger partial charge in [-0.15, -0.1) is 11.3 Å². The van der Waals surface area contributed by atoms with Gasteiger partial charge in [0.15, 0.2) is 0 Å². The number of benzene rings is 1. The molecule has 4 nitrogen and oxygen atoms in total. The van der Waals surface area contributed by atoms with Gasteiger partial charge in [0.05, 0.1) is 17.2 Å². The third-order valence-corrected chi connectivity index (χ3v) is 6.03. The molecular formula is C17H21N3OS2. The molecule has 2 amide bonds. The van der Waals surface area contributed by atoms with E-state index in [4.69, 9.17) is 0 Å². The molecule has 0 spiro atoms. The number of rotatable bonds is 4. The Bertz CT molecular complexity index is 686. The van der Waals surface area contributed by atoms with Crippen molar-refractivity contribution in [3.05, 3.63) is 51.5 Å². The normalized spacial score (nSPS) is 16.7. The second kappa shape index (κ2) is 7.36. The standard InChI is InChI=1S/C17H21N3OS2/c1-12-19-14(11-23-12)10-20(2)17(21)18-9-16-15-6-4-3-5-13(15)7-8-22-16/h3-6,11,16H,7-10H2,1-2H3,(H,18,21)/t16-/m1/s1. The van der Waals surface area contributed by atoms with Crippen LogP contribution in [0.25, 0.3) is 0 Å². The highest BCUT2D eigenvalue weighted by Gasteiger charge is 2.21. The summed E-state index contributed by atoms with van der Waals surface area (Å²) in [7, 11) is 1.81. The zero-order valence-corrected chi connectivity index (χ0v) is 15.0. The van der Waals surface area contributed by atoms with Gasteiger partial charge in [0.25, 0.3) is 0 Å². The van der Waals surface area contributed by atoms with Crippen LogP contribution < -0.4 is 5.32 Å². The number of fused-ring (bicyclic) bond motifs is 1. The number of carbonyl (C=O) groups excluding carboxylic acids is 1.